The van der Waals surface area contributed by atoms with Crippen LogP contribution in [0.1, 0.15) is 42.7 Å². The zero-order chi connectivity index (χ0) is 36.8. The van der Waals surface area contributed by atoms with E-state index in [1.807, 2.05) is 5.43 Å². The fourth-order valence-electron chi connectivity index (χ4n) is 4.18. The van der Waals surface area contributed by atoms with Crippen LogP contribution in [0.2, 0.25) is 5.02 Å². The summed E-state index contributed by atoms with van der Waals surface area (Å²) in [5.41, 5.74) is 7.09. The highest BCUT2D eigenvalue weighted by atomic mass is 35.5. The van der Waals surface area contributed by atoms with Crippen LogP contribution < -0.4 is 26.5 Å². The number of nitrogen functional groups attached to an aromatic ring is 1. The molecule has 0 bridgehead atoms. The number of carbonyl (C=O) groups excluding carboxylic acids is 4. The Morgan fingerprint density at radius 1 is 0.878 bits per heavy atom. The first-order chi connectivity index (χ1) is 22.8. The Morgan fingerprint density at radius 2 is 1.45 bits per heavy atom. The van der Waals surface area contributed by atoms with Gasteiger partial charge < -0.3 is 26.2 Å². The fraction of sp³-hybridized carbons (Fsp3) is 0.258. The lowest BCUT2D eigenvalue weighted by Gasteiger charge is -2.32. The fourth-order valence-corrected chi connectivity index (χ4v) is 4.36. The van der Waals surface area contributed by atoms with Crippen molar-refractivity contribution in [1.29, 1.82) is 0 Å². The summed E-state index contributed by atoms with van der Waals surface area (Å²) in [5, 5.41) is 14.6. The maximum absolute atomic E-state index is 14.0. The molecule has 0 radical (unpaired) electrons. The van der Waals surface area contributed by atoms with Gasteiger partial charge in [-0.2, -0.15) is 8.78 Å². The van der Waals surface area contributed by atoms with Crippen molar-refractivity contribution in [3.63, 3.8) is 0 Å². The minimum Gasteiger partial charge on any atom is -0.480 e. The molecule has 262 valence electrons. The number of rotatable bonds is 11. The Bertz CT molecular complexity index is 1750. The van der Waals surface area contributed by atoms with Gasteiger partial charge in [-0.3, -0.25) is 29.4 Å². The largest absolute Gasteiger partial charge is 0.480 e. The van der Waals surface area contributed by atoms with E-state index >= 15 is 0 Å². The second kappa shape index (κ2) is 15.6. The van der Waals surface area contributed by atoms with E-state index in [0.717, 1.165) is 0 Å². The van der Waals surface area contributed by atoms with Crippen LogP contribution in [-0.4, -0.2) is 58.9 Å². The van der Waals surface area contributed by atoms with Gasteiger partial charge in [0.1, 0.15) is 18.6 Å². The van der Waals surface area contributed by atoms with Gasteiger partial charge in [0.25, 0.3) is 17.7 Å². The number of nitrogens with zero attached hydrogens (tertiary/aromatic N) is 1. The number of hydrogen-bond donors (Lipinski definition) is 5. The molecule has 0 fully saturated rings. The molecule has 0 saturated heterocycles. The lowest BCUT2D eigenvalue weighted by Crippen LogP contribution is -2.57. The van der Waals surface area contributed by atoms with Crippen molar-refractivity contribution >= 4 is 46.9 Å². The summed E-state index contributed by atoms with van der Waals surface area (Å²) in [4.78, 5) is 64.6. The maximum Gasteiger partial charge on any atom is 0.325 e. The van der Waals surface area contributed by atoms with Crippen LogP contribution in [0.25, 0.3) is 0 Å². The number of hydrazine groups is 1. The van der Waals surface area contributed by atoms with Crippen LogP contribution in [-0.2, 0) is 19.2 Å². The number of aliphatic carboxylic acids is 1. The number of carboxylic acid groups (broad SMARTS) is 1. The van der Waals surface area contributed by atoms with Crippen molar-refractivity contribution in [3.05, 3.63) is 93.8 Å². The molecule has 0 aromatic heterocycles. The van der Waals surface area contributed by atoms with Crippen LogP contribution in [0.15, 0.2) is 48.5 Å². The van der Waals surface area contributed by atoms with Gasteiger partial charge in [-0.15, -0.1) is 0 Å². The predicted molar refractivity (Wildman–Crippen MR) is 163 cm³/mol. The molecule has 0 aliphatic rings. The van der Waals surface area contributed by atoms with E-state index in [-0.39, 0.29) is 26.8 Å². The average Bonchev–Trinajstić information content (AvgIpc) is 3.04. The third-order valence-corrected chi connectivity index (χ3v) is 7.02. The van der Waals surface area contributed by atoms with Gasteiger partial charge in [-0.05, 0) is 29.2 Å². The molecule has 2 atom stereocenters. The van der Waals surface area contributed by atoms with E-state index in [1.165, 1.54) is 42.5 Å². The molecular weight excluding hydrogens is 685 g/mol. The maximum atomic E-state index is 14.0. The van der Waals surface area contributed by atoms with Crippen LogP contribution in [0.4, 0.5) is 27.6 Å². The molecule has 0 saturated carbocycles. The summed E-state index contributed by atoms with van der Waals surface area (Å²) in [6.07, 6.45) is 0. The SMILES string of the molecule is CC(C)(C)[C@H](NC(=O)c1ccc(N)c(Cl)c1)C(=O)N[C@H](C(=O)NN(CC(=O)O)C(=O)COc1c(F)c(F)c(F)c(F)c1F)c1ccccc1. The number of halogens is 6. The first-order valence-corrected chi connectivity index (χ1v) is 14.4. The molecule has 4 amide bonds. The minimum absolute atomic E-state index is 0.0644. The van der Waals surface area contributed by atoms with Gasteiger partial charge >= 0.3 is 5.97 Å². The molecule has 0 unspecified atom stereocenters. The van der Waals surface area contributed by atoms with Gasteiger partial charge in [0.05, 0.1) is 10.7 Å². The number of carboxylic acids is 1. The minimum atomic E-state index is -2.48. The van der Waals surface area contributed by atoms with Crippen molar-refractivity contribution in [2.75, 3.05) is 18.9 Å². The summed E-state index contributed by atoms with van der Waals surface area (Å²) < 4.78 is 73.1. The molecule has 3 rings (SSSR count). The van der Waals surface area contributed by atoms with Gasteiger partial charge in [0, 0.05) is 5.56 Å². The molecule has 0 spiro atoms. The Labute approximate surface area is 280 Å². The first-order valence-electron chi connectivity index (χ1n) is 14.0. The van der Waals surface area contributed by atoms with E-state index in [4.69, 9.17) is 17.3 Å². The molecule has 0 aliphatic heterocycles. The van der Waals surface area contributed by atoms with Gasteiger partial charge in [0.15, 0.2) is 12.4 Å². The van der Waals surface area contributed by atoms with Crippen molar-refractivity contribution in [2.45, 2.75) is 32.9 Å². The van der Waals surface area contributed by atoms with E-state index in [1.54, 1.807) is 26.8 Å². The highest BCUT2D eigenvalue weighted by molar-refractivity contribution is 6.33. The summed E-state index contributed by atoms with van der Waals surface area (Å²) in [6.45, 7) is 2.07. The van der Waals surface area contributed by atoms with Crippen LogP contribution in [0.3, 0.4) is 0 Å². The van der Waals surface area contributed by atoms with Gasteiger partial charge in [-0.1, -0.05) is 62.7 Å². The third kappa shape index (κ3) is 9.34. The topological polar surface area (TPSA) is 180 Å². The number of nitrogens with one attached hydrogen (secondary N) is 3. The number of anilines is 1. The quantitative estimate of drug-likeness (QED) is 0.0657. The molecule has 18 heteroatoms. The number of nitrogens with two attached hydrogens (primary N) is 1. The first kappa shape index (κ1) is 38.0. The van der Waals surface area contributed by atoms with Gasteiger partial charge in [-0.25, -0.2) is 18.2 Å². The smallest absolute Gasteiger partial charge is 0.325 e. The van der Waals surface area contributed by atoms with Crippen LogP contribution in [0, 0.1) is 34.5 Å². The second-order valence-corrected chi connectivity index (χ2v) is 11.8. The summed E-state index contributed by atoms with van der Waals surface area (Å²) in [7, 11) is 0. The summed E-state index contributed by atoms with van der Waals surface area (Å²) in [6, 6.07) is 8.46. The second-order valence-electron chi connectivity index (χ2n) is 11.4. The Balaban J connectivity index is 1.87. The van der Waals surface area contributed by atoms with E-state index in [2.05, 4.69) is 15.4 Å². The molecule has 6 N–H and O–H groups in total. The van der Waals surface area contributed by atoms with E-state index in [0.29, 0.717) is 0 Å². The lowest BCUT2D eigenvalue weighted by atomic mass is 9.85. The van der Waals surface area contributed by atoms with E-state index in [9.17, 15) is 51.0 Å². The molecular formula is C31H29ClF5N5O7. The summed E-state index contributed by atoms with van der Waals surface area (Å²) in [5.74, 6) is -19.8. The summed E-state index contributed by atoms with van der Waals surface area (Å²) >= 11 is 6.02. The zero-order valence-corrected chi connectivity index (χ0v) is 26.6. The van der Waals surface area contributed by atoms with Crippen LogP contribution >= 0.6 is 11.6 Å². The Kier molecular flexibility index (Phi) is 12.1. The van der Waals surface area contributed by atoms with Gasteiger partial charge in [0.2, 0.25) is 35.0 Å². The normalized spacial score (nSPS) is 12.3. The molecule has 3 aromatic rings. The molecule has 49 heavy (non-hydrogen) atoms. The van der Waals surface area contributed by atoms with Crippen molar-refractivity contribution < 1.29 is 55.8 Å². The molecule has 0 heterocycles. The molecule has 12 nitrogen and oxygen atoms in total. The number of carbonyl (C=O) groups is 5. The van der Waals surface area contributed by atoms with Crippen molar-refractivity contribution in [2.24, 2.45) is 5.41 Å². The zero-order valence-electron chi connectivity index (χ0n) is 25.9. The number of amides is 4. The standard InChI is InChI=1S/C31H29ClF5N5O7/c1-31(2,3)27(40-28(46)15-9-10-17(38)16(32)11-15)30(48)39-25(14-7-5-4-6-8-14)29(47)41-42(12-19(44)45)18(43)13-49-26-23(36)21(34)20(33)22(35)24(26)37/h4-11,25,27H,12-13,38H2,1-3H3,(H,39,48)(H,40,46)(H,41,47)(H,44,45)/t25-,27+/m0/s1. The Morgan fingerprint density at radius 3 is 1.98 bits per heavy atom. The number of ether oxygens (including phenoxy) is 1. The highest BCUT2D eigenvalue weighted by Gasteiger charge is 2.37. The van der Waals surface area contributed by atoms with Crippen LogP contribution in [0.5, 0.6) is 5.75 Å². The number of benzene rings is 3. The lowest BCUT2D eigenvalue weighted by molar-refractivity contribution is -0.151. The Hall–Kier alpha value is -5.45. The average molecular weight is 714 g/mol. The molecule has 0 aliphatic carbocycles. The highest BCUT2D eigenvalue weighted by Crippen LogP contribution is 2.29. The predicted octanol–water partition coefficient (Wildman–Crippen LogP) is 3.64. The monoisotopic (exact) mass is 713 g/mol. The van der Waals surface area contributed by atoms with Crippen molar-refractivity contribution in [3.8, 4) is 5.75 Å². The van der Waals surface area contributed by atoms with Crippen molar-refractivity contribution in [1.82, 2.24) is 21.1 Å². The third-order valence-electron chi connectivity index (χ3n) is 6.70. The molecule has 3 aromatic carbocycles. The van der Waals surface area contributed by atoms with E-state index < -0.39 is 95.1 Å². The number of hydrogen-bond acceptors (Lipinski definition) is 7.